The van der Waals surface area contributed by atoms with Gasteiger partial charge < -0.3 is 9.30 Å². The predicted molar refractivity (Wildman–Crippen MR) is 78.7 cm³/mol. The smallest absolute Gasteiger partial charge is 0.163 e. The number of aromatic nitrogens is 3. The van der Waals surface area contributed by atoms with Gasteiger partial charge in [0.15, 0.2) is 5.82 Å². The quantitative estimate of drug-likeness (QED) is 0.861. The van der Waals surface area contributed by atoms with E-state index in [0.717, 1.165) is 37.6 Å². The lowest BCUT2D eigenvalue weighted by Gasteiger charge is -2.32. The molecule has 1 aliphatic heterocycles. The first-order valence-electron chi connectivity index (χ1n) is 6.99. The molecule has 3 heterocycles. The zero-order valence-electron chi connectivity index (χ0n) is 11.9. The molecule has 7 heteroatoms. The third-order valence-corrected chi connectivity index (χ3v) is 4.51. The number of ether oxygens (including phenoxy) is 1. The maximum Gasteiger partial charge on any atom is 0.163 e. The number of hydrogen-bond donors (Lipinski definition) is 0. The summed E-state index contributed by atoms with van der Waals surface area (Å²) in [6.45, 7) is 6.17. The maximum absolute atomic E-state index is 8.89. The van der Waals surface area contributed by atoms with Crippen molar-refractivity contribution in [2.45, 2.75) is 26.1 Å². The van der Waals surface area contributed by atoms with Crippen LogP contribution >= 0.6 is 11.3 Å². The van der Waals surface area contributed by atoms with Crippen molar-refractivity contribution < 1.29 is 4.74 Å². The highest BCUT2D eigenvalue weighted by molar-refractivity contribution is 7.10. The van der Waals surface area contributed by atoms with Crippen LogP contribution in [-0.4, -0.2) is 39.4 Å². The number of morpholine rings is 1. The standard InChI is InChI=1S/C14H17N5OS/c1-2-19-10-16-17-14(19)13-8-18(3-4-20-13)7-12-5-11(6-15)9-21-12/h5,9-10,13H,2-4,7-8H2,1H3/t13-/m0/s1. The van der Waals surface area contributed by atoms with Gasteiger partial charge >= 0.3 is 0 Å². The van der Waals surface area contributed by atoms with Crippen LogP contribution < -0.4 is 0 Å². The predicted octanol–water partition coefficient (Wildman–Crippen LogP) is 1.80. The van der Waals surface area contributed by atoms with Gasteiger partial charge in [-0.25, -0.2) is 0 Å². The molecule has 21 heavy (non-hydrogen) atoms. The van der Waals surface area contributed by atoms with Crippen molar-refractivity contribution in [2.75, 3.05) is 19.7 Å². The van der Waals surface area contributed by atoms with Crippen molar-refractivity contribution in [1.82, 2.24) is 19.7 Å². The Labute approximate surface area is 127 Å². The summed E-state index contributed by atoms with van der Waals surface area (Å²) in [5.41, 5.74) is 0.741. The third-order valence-electron chi connectivity index (χ3n) is 3.59. The summed E-state index contributed by atoms with van der Waals surface area (Å²) in [6, 6.07) is 4.14. The zero-order chi connectivity index (χ0) is 14.7. The van der Waals surface area contributed by atoms with Gasteiger partial charge in [0.2, 0.25) is 0 Å². The second-order valence-corrected chi connectivity index (χ2v) is 5.98. The SMILES string of the molecule is CCn1cnnc1[C@@H]1CN(Cc2cc(C#N)cs2)CCO1. The number of thiophene rings is 1. The minimum atomic E-state index is -0.0309. The van der Waals surface area contributed by atoms with Crippen LogP contribution in [0.5, 0.6) is 0 Å². The molecule has 1 atom stereocenters. The second-order valence-electron chi connectivity index (χ2n) is 4.98. The number of nitrogens with zero attached hydrogens (tertiary/aromatic N) is 5. The molecule has 0 bridgehead atoms. The van der Waals surface area contributed by atoms with Crippen LogP contribution in [0.4, 0.5) is 0 Å². The number of hydrogen-bond acceptors (Lipinski definition) is 6. The Hall–Kier alpha value is -1.75. The Morgan fingerprint density at radius 2 is 2.48 bits per heavy atom. The van der Waals surface area contributed by atoms with Gasteiger partial charge in [-0.05, 0) is 13.0 Å². The number of aryl methyl sites for hydroxylation is 1. The lowest BCUT2D eigenvalue weighted by atomic mass is 10.2. The summed E-state index contributed by atoms with van der Waals surface area (Å²) in [5.74, 6) is 0.895. The average Bonchev–Trinajstić information content (AvgIpc) is 3.15. The largest absolute Gasteiger partial charge is 0.368 e. The van der Waals surface area contributed by atoms with E-state index in [9.17, 15) is 0 Å². The van der Waals surface area contributed by atoms with Crippen LogP contribution in [0.25, 0.3) is 0 Å². The van der Waals surface area contributed by atoms with Gasteiger partial charge in [-0.15, -0.1) is 21.5 Å². The highest BCUT2D eigenvalue weighted by atomic mass is 32.1. The minimum Gasteiger partial charge on any atom is -0.368 e. The molecule has 6 nitrogen and oxygen atoms in total. The van der Waals surface area contributed by atoms with Gasteiger partial charge in [-0.1, -0.05) is 0 Å². The van der Waals surface area contributed by atoms with Gasteiger partial charge in [0, 0.05) is 36.4 Å². The van der Waals surface area contributed by atoms with Crippen molar-refractivity contribution in [3.63, 3.8) is 0 Å². The molecule has 0 aliphatic carbocycles. The summed E-state index contributed by atoms with van der Waals surface area (Å²) < 4.78 is 7.87. The first-order valence-corrected chi connectivity index (χ1v) is 7.87. The van der Waals surface area contributed by atoms with E-state index in [4.69, 9.17) is 10.00 Å². The highest BCUT2D eigenvalue weighted by Gasteiger charge is 2.26. The lowest BCUT2D eigenvalue weighted by Crippen LogP contribution is -2.38. The molecule has 2 aromatic heterocycles. The van der Waals surface area contributed by atoms with Gasteiger partial charge in [-0.3, -0.25) is 4.90 Å². The maximum atomic E-state index is 8.89. The van der Waals surface area contributed by atoms with E-state index >= 15 is 0 Å². The van der Waals surface area contributed by atoms with Gasteiger partial charge in [0.25, 0.3) is 0 Å². The van der Waals surface area contributed by atoms with Crippen LogP contribution in [0.15, 0.2) is 17.8 Å². The molecule has 110 valence electrons. The molecule has 2 aromatic rings. The van der Waals surface area contributed by atoms with Crippen LogP contribution in [-0.2, 0) is 17.8 Å². The third kappa shape index (κ3) is 3.13. The summed E-state index contributed by atoms with van der Waals surface area (Å²) in [6.07, 6.45) is 1.72. The second kappa shape index (κ2) is 6.35. The number of rotatable bonds is 4. The molecule has 1 fully saturated rings. The first kappa shape index (κ1) is 14.2. The molecule has 0 unspecified atom stereocenters. The van der Waals surface area contributed by atoms with E-state index in [1.807, 2.05) is 16.0 Å². The molecular weight excluding hydrogens is 286 g/mol. The van der Waals surface area contributed by atoms with Crippen molar-refractivity contribution >= 4 is 11.3 Å². The number of nitriles is 1. The summed E-state index contributed by atoms with van der Waals surface area (Å²) in [4.78, 5) is 3.56. The Kier molecular flexibility index (Phi) is 4.29. The summed E-state index contributed by atoms with van der Waals surface area (Å²) >= 11 is 1.64. The van der Waals surface area contributed by atoms with Gasteiger partial charge in [-0.2, -0.15) is 5.26 Å². The van der Waals surface area contributed by atoms with E-state index < -0.39 is 0 Å². The van der Waals surface area contributed by atoms with Crippen molar-refractivity contribution in [3.05, 3.63) is 34.0 Å². The Bertz CT molecular complexity index is 644. The summed E-state index contributed by atoms with van der Waals surface area (Å²) in [7, 11) is 0. The van der Waals surface area contributed by atoms with Crippen LogP contribution in [0.2, 0.25) is 0 Å². The molecule has 0 spiro atoms. The fourth-order valence-corrected chi connectivity index (χ4v) is 3.35. The lowest BCUT2D eigenvalue weighted by molar-refractivity contribution is -0.0385. The fourth-order valence-electron chi connectivity index (χ4n) is 2.50. The van der Waals surface area contributed by atoms with Crippen LogP contribution in [0.3, 0.4) is 0 Å². The molecule has 0 radical (unpaired) electrons. The molecule has 0 saturated carbocycles. The summed E-state index contributed by atoms with van der Waals surface area (Å²) in [5, 5.41) is 19.0. The van der Waals surface area contributed by atoms with Crippen LogP contribution in [0.1, 0.15) is 29.3 Å². The zero-order valence-corrected chi connectivity index (χ0v) is 12.7. The van der Waals surface area contributed by atoms with Crippen molar-refractivity contribution in [2.24, 2.45) is 0 Å². The molecule has 1 aliphatic rings. The minimum absolute atomic E-state index is 0.0309. The molecule has 1 saturated heterocycles. The fraction of sp³-hybridized carbons (Fsp3) is 0.500. The molecule has 3 rings (SSSR count). The van der Waals surface area contributed by atoms with E-state index in [1.165, 1.54) is 4.88 Å². The highest BCUT2D eigenvalue weighted by Crippen LogP contribution is 2.23. The Morgan fingerprint density at radius 3 is 3.24 bits per heavy atom. The monoisotopic (exact) mass is 303 g/mol. The van der Waals surface area contributed by atoms with E-state index in [1.54, 1.807) is 17.7 Å². The normalized spacial score (nSPS) is 19.5. The van der Waals surface area contributed by atoms with Gasteiger partial charge in [0.1, 0.15) is 18.5 Å². The average molecular weight is 303 g/mol. The molecular formula is C14H17N5OS. The van der Waals surface area contributed by atoms with Gasteiger partial charge in [0.05, 0.1) is 12.2 Å². The van der Waals surface area contributed by atoms with E-state index in [2.05, 4.69) is 28.1 Å². The first-order chi connectivity index (χ1) is 10.3. The molecule has 0 amide bonds. The Balaban J connectivity index is 1.67. The van der Waals surface area contributed by atoms with E-state index in [-0.39, 0.29) is 6.10 Å². The topological polar surface area (TPSA) is 67.0 Å². The molecule has 0 aromatic carbocycles. The van der Waals surface area contributed by atoms with E-state index in [0.29, 0.717) is 6.61 Å². The van der Waals surface area contributed by atoms with Crippen molar-refractivity contribution in [1.29, 1.82) is 5.26 Å². The van der Waals surface area contributed by atoms with Crippen molar-refractivity contribution in [3.8, 4) is 6.07 Å². The Morgan fingerprint density at radius 1 is 1.57 bits per heavy atom. The molecule has 0 N–H and O–H groups in total. The van der Waals surface area contributed by atoms with Crippen LogP contribution in [0, 0.1) is 11.3 Å².